The van der Waals surface area contributed by atoms with Crippen LogP contribution < -0.4 is 10.1 Å². The Morgan fingerprint density at radius 3 is 2.46 bits per heavy atom. The summed E-state index contributed by atoms with van der Waals surface area (Å²) in [6.45, 7) is 1.62. The van der Waals surface area contributed by atoms with Gasteiger partial charge in [-0.2, -0.15) is 5.10 Å². The number of nitrogens with one attached hydrogen (secondary N) is 1. The average molecular weight is 324 g/mol. The van der Waals surface area contributed by atoms with Crippen molar-refractivity contribution in [1.29, 1.82) is 0 Å². The van der Waals surface area contributed by atoms with Crippen LogP contribution in [0, 0.1) is 17.0 Å². The van der Waals surface area contributed by atoms with Gasteiger partial charge < -0.3 is 10.1 Å². The fourth-order valence-corrected chi connectivity index (χ4v) is 2.48. The fourth-order valence-electron chi connectivity index (χ4n) is 2.48. The largest absolute Gasteiger partial charge is 0.495 e. The molecule has 0 unspecified atom stereocenters. The Morgan fingerprint density at radius 1 is 1.12 bits per heavy atom. The molecular formula is C17H16N4O3. The molecule has 122 valence electrons. The summed E-state index contributed by atoms with van der Waals surface area (Å²) >= 11 is 0. The topological polar surface area (TPSA) is 82.2 Å². The molecule has 0 aliphatic rings. The van der Waals surface area contributed by atoms with Crippen LogP contribution in [0.1, 0.15) is 5.69 Å². The Labute approximate surface area is 138 Å². The monoisotopic (exact) mass is 324 g/mol. The molecule has 0 fully saturated rings. The van der Waals surface area contributed by atoms with Crippen molar-refractivity contribution in [3.63, 3.8) is 0 Å². The zero-order valence-corrected chi connectivity index (χ0v) is 13.3. The van der Waals surface area contributed by atoms with Crippen LogP contribution in [0.15, 0.2) is 54.6 Å². The van der Waals surface area contributed by atoms with Crippen molar-refractivity contribution in [2.75, 3.05) is 12.4 Å². The molecule has 0 aliphatic carbocycles. The maximum atomic E-state index is 11.5. The van der Waals surface area contributed by atoms with Crippen molar-refractivity contribution in [2.24, 2.45) is 0 Å². The smallest absolute Gasteiger partial charge is 0.334 e. The molecule has 24 heavy (non-hydrogen) atoms. The number of nitro groups is 1. The predicted octanol–water partition coefficient (Wildman–Crippen LogP) is 3.84. The minimum Gasteiger partial charge on any atom is -0.495 e. The number of anilines is 2. The molecule has 0 saturated carbocycles. The first-order valence-electron chi connectivity index (χ1n) is 7.31. The van der Waals surface area contributed by atoms with Crippen LogP contribution in [-0.2, 0) is 0 Å². The van der Waals surface area contributed by atoms with E-state index < -0.39 is 4.92 Å². The summed E-state index contributed by atoms with van der Waals surface area (Å²) < 4.78 is 6.84. The van der Waals surface area contributed by atoms with E-state index in [1.807, 2.05) is 42.5 Å². The normalized spacial score (nSPS) is 10.4. The maximum absolute atomic E-state index is 11.5. The van der Waals surface area contributed by atoms with Crippen molar-refractivity contribution in [2.45, 2.75) is 6.92 Å². The number of rotatable bonds is 5. The van der Waals surface area contributed by atoms with E-state index in [4.69, 9.17) is 4.74 Å². The van der Waals surface area contributed by atoms with E-state index in [1.165, 1.54) is 4.68 Å². The standard InChI is InChI=1S/C17H16N4O3/c1-12-16(21(22)23)17(18-14-10-6-7-11-15(14)24-2)20(19-12)13-8-4-3-5-9-13/h3-11,18H,1-2H3. The van der Waals surface area contributed by atoms with Crippen molar-refractivity contribution in [1.82, 2.24) is 9.78 Å². The molecular weight excluding hydrogens is 308 g/mol. The van der Waals surface area contributed by atoms with E-state index in [0.29, 0.717) is 17.1 Å². The first-order chi connectivity index (χ1) is 11.6. The van der Waals surface area contributed by atoms with Gasteiger partial charge in [-0.3, -0.25) is 10.1 Å². The van der Waals surface area contributed by atoms with Crippen LogP contribution in [-0.4, -0.2) is 21.8 Å². The van der Waals surface area contributed by atoms with Crippen molar-refractivity contribution >= 4 is 17.2 Å². The van der Waals surface area contributed by atoms with Gasteiger partial charge in [-0.1, -0.05) is 30.3 Å². The summed E-state index contributed by atoms with van der Waals surface area (Å²) in [4.78, 5) is 11.1. The van der Waals surface area contributed by atoms with Gasteiger partial charge in [0.15, 0.2) is 0 Å². The highest BCUT2D eigenvalue weighted by atomic mass is 16.6. The summed E-state index contributed by atoms with van der Waals surface area (Å²) in [5, 5.41) is 18.9. The number of para-hydroxylation sites is 3. The van der Waals surface area contributed by atoms with Crippen LogP contribution in [0.4, 0.5) is 17.2 Å². The third-order valence-corrected chi connectivity index (χ3v) is 3.57. The lowest BCUT2D eigenvalue weighted by atomic mass is 10.2. The van der Waals surface area contributed by atoms with Gasteiger partial charge in [0.1, 0.15) is 11.4 Å². The van der Waals surface area contributed by atoms with Crippen molar-refractivity contribution in [3.05, 3.63) is 70.4 Å². The summed E-state index contributed by atoms with van der Waals surface area (Å²) in [6.07, 6.45) is 0. The molecule has 2 aromatic carbocycles. The first kappa shape index (κ1) is 15.5. The molecule has 1 N–H and O–H groups in total. The SMILES string of the molecule is COc1ccccc1Nc1c([N+](=O)[O-])c(C)nn1-c1ccccc1. The van der Waals surface area contributed by atoms with Crippen LogP contribution in [0.25, 0.3) is 5.69 Å². The second kappa shape index (κ2) is 6.41. The Kier molecular flexibility index (Phi) is 4.15. The highest BCUT2D eigenvalue weighted by molar-refractivity contribution is 5.73. The number of hydrogen-bond donors (Lipinski definition) is 1. The molecule has 3 rings (SSSR count). The summed E-state index contributed by atoms with van der Waals surface area (Å²) in [6, 6.07) is 16.5. The predicted molar refractivity (Wildman–Crippen MR) is 91.2 cm³/mol. The number of aryl methyl sites for hydroxylation is 1. The molecule has 0 aliphatic heterocycles. The second-order valence-electron chi connectivity index (χ2n) is 5.11. The van der Waals surface area contributed by atoms with Gasteiger partial charge in [-0.15, -0.1) is 0 Å². The van der Waals surface area contributed by atoms with Gasteiger partial charge in [0.05, 0.1) is 23.4 Å². The average Bonchev–Trinajstić information content (AvgIpc) is 2.92. The van der Waals surface area contributed by atoms with Gasteiger partial charge in [0, 0.05) is 0 Å². The Hall–Kier alpha value is -3.35. The lowest BCUT2D eigenvalue weighted by Crippen LogP contribution is -2.04. The quantitative estimate of drug-likeness (QED) is 0.569. The number of benzene rings is 2. The number of ether oxygens (including phenoxy) is 1. The van der Waals surface area contributed by atoms with E-state index in [0.717, 1.165) is 5.69 Å². The van der Waals surface area contributed by atoms with Gasteiger partial charge in [0.2, 0.25) is 5.82 Å². The summed E-state index contributed by atoms with van der Waals surface area (Å²) in [5.41, 5.74) is 1.62. The molecule has 1 heterocycles. The molecule has 0 radical (unpaired) electrons. The van der Waals surface area contributed by atoms with Crippen LogP contribution in [0.2, 0.25) is 0 Å². The third kappa shape index (κ3) is 2.79. The highest BCUT2D eigenvalue weighted by Gasteiger charge is 2.26. The van der Waals surface area contributed by atoms with E-state index in [1.54, 1.807) is 26.2 Å². The molecule has 7 nitrogen and oxygen atoms in total. The molecule has 0 spiro atoms. The zero-order chi connectivity index (χ0) is 17.1. The van der Waals surface area contributed by atoms with Crippen LogP contribution in [0.3, 0.4) is 0 Å². The molecule has 7 heteroatoms. The lowest BCUT2D eigenvalue weighted by Gasteiger charge is -2.12. The van der Waals surface area contributed by atoms with Crippen molar-refractivity contribution < 1.29 is 9.66 Å². The second-order valence-corrected chi connectivity index (χ2v) is 5.11. The maximum Gasteiger partial charge on any atom is 0.334 e. The molecule has 1 aromatic heterocycles. The molecule has 3 aromatic rings. The molecule has 0 amide bonds. The number of methoxy groups -OCH3 is 1. The Bertz CT molecular complexity index is 875. The summed E-state index contributed by atoms with van der Waals surface area (Å²) in [7, 11) is 1.55. The number of aromatic nitrogens is 2. The molecule has 0 saturated heterocycles. The minimum absolute atomic E-state index is 0.0650. The van der Waals surface area contributed by atoms with Gasteiger partial charge in [-0.05, 0) is 31.2 Å². The van der Waals surface area contributed by atoms with Gasteiger partial charge >= 0.3 is 5.69 Å². The van der Waals surface area contributed by atoms with Crippen LogP contribution in [0.5, 0.6) is 5.75 Å². The number of hydrogen-bond acceptors (Lipinski definition) is 5. The van der Waals surface area contributed by atoms with E-state index >= 15 is 0 Å². The third-order valence-electron chi connectivity index (χ3n) is 3.57. The first-order valence-corrected chi connectivity index (χ1v) is 7.31. The minimum atomic E-state index is -0.431. The summed E-state index contributed by atoms with van der Waals surface area (Å²) in [5.74, 6) is 0.874. The van der Waals surface area contributed by atoms with E-state index in [-0.39, 0.29) is 11.5 Å². The Balaban J connectivity index is 2.16. The molecule has 0 bridgehead atoms. The van der Waals surface area contributed by atoms with Crippen molar-refractivity contribution in [3.8, 4) is 11.4 Å². The fraction of sp³-hybridized carbons (Fsp3) is 0.118. The van der Waals surface area contributed by atoms with Gasteiger partial charge in [0.25, 0.3) is 0 Å². The van der Waals surface area contributed by atoms with E-state index in [2.05, 4.69) is 10.4 Å². The zero-order valence-electron chi connectivity index (χ0n) is 13.3. The highest BCUT2D eigenvalue weighted by Crippen LogP contribution is 2.35. The molecule has 0 atom stereocenters. The lowest BCUT2D eigenvalue weighted by molar-refractivity contribution is -0.384. The number of nitrogens with zero attached hydrogens (tertiary/aromatic N) is 3. The van der Waals surface area contributed by atoms with Crippen LogP contribution >= 0.6 is 0 Å². The van der Waals surface area contributed by atoms with E-state index in [9.17, 15) is 10.1 Å². The van der Waals surface area contributed by atoms with Gasteiger partial charge in [-0.25, -0.2) is 4.68 Å². The Morgan fingerprint density at radius 2 is 1.79 bits per heavy atom.